The van der Waals surface area contributed by atoms with Crippen molar-refractivity contribution in [1.82, 2.24) is 0 Å². The van der Waals surface area contributed by atoms with Crippen molar-refractivity contribution in [3.05, 3.63) is 23.8 Å². The maximum atomic E-state index is 10.6. The molecule has 5 heteroatoms. The summed E-state index contributed by atoms with van der Waals surface area (Å²) in [5.74, 6) is 0.314. The van der Waals surface area contributed by atoms with Gasteiger partial charge in [-0.05, 0) is 18.9 Å². The highest BCUT2D eigenvalue weighted by molar-refractivity contribution is 7.32. The number of hydrogen-bond acceptors (Lipinski definition) is 3. The fraction of sp³-hybridized carbons (Fsp3) is 0.400. The van der Waals surface area contributed by atoms with Crippen LogP contribution in [0.4, 0.5) is 0 Å². The summed E-state index contributed by atoms with van der Waals surface area (Å²) in [5, 5.41) is 9.22. The molecule has 0 bridgehead atoms. The molecule has 0 aliphatic rings. The highest BCUT2D eigenvalue weighted by atomic mass is 31.1. The summed E-state index contributed by atoms with van der Waals surface area (Å²) < 4.78 is 15.3. The maximum absolute atomic E-state index is 10.6. The van der Waals surface area contributed by atoms with Crippen LogP contribution in [0.2, 0.25) is 0 Å². The van der Waals surface area contributed by atoms with Gasteiger partial charge < -0.3 is 5.11 Å². The zero-order chi connectivity index (χ0) is 11.3. The summed E-state index contributed by atoms with van der Waals surface area (Å²) >= 11 is 0. The van der Waals surface area contributed by atoms with E-state index in [4.69, 9.17) is 9.42 Å². The van der Waals surface area contributed by atoms with Crippen molar-refractivity contribution in [3.8, 4) is 11.5 Å². The minimum Gasteiger partial charge on any atom is -0.508 e. The van der Waals surface area contributed by atoms with Crippen LogP contribution < -0.4 is 4.52 Å². The van der Waals surface area contributed by atoms with E-state index < -0.39 is 8.25 Å². The Morgan fingerprint density at radius 1 is 1.47 bits per heavy atom. The topological polar surface area (TPSA) is 66.8 Å². The van der Waals surface area contributed by atoms with E-state index in [1.165, 1.54) is 6.07 Å². The second kappa shape index (κ2) is 5.69. The van der Waals surface area contributed by atoms with Crippen LogP contribution in [0.15, 0.2) is 18.2 Å². The Hall–Kier alpha value is -1.12. The molecule has 0 saturated carbocycles. The van der Waals surface area contributed by atoms with Gasteiger partial charge in [0.05, 0.1) is 0 Å². The molecule has 0 aliphatic carbocycles. The normalized spacial score (nSPS) is 11.2. The number of hydrogen-bond donors (Lipinski definition) is 2. The zero-order valence-corrected chi connectivity index (χ0v) is 9.41. The van der Waals surface area contributed by atoms with Crippen LogP contribution in [0, 0.1) is 0 Å². The van der Waals surface area contributed by atoms with Crippen LogP contribution in [-0.4, -0.2) is 10.00 Å². The zero-order valence-electron chi connectivity index (χ0n) is 8.51. The Kier molecular flexibility index (Phi) is 4.53. The summed E-state index contributed by atoms with van der Waals surface area (Å²) in [7, 11) is -2.68. The summed E-state index contributed by atoms with van der Waals surface area (Å²) in [6.07, 6.45) is 2.78. The standard InChI is InChI=1S/C10H13O4P/c1-2-3-4-8-5-6-9(11)7-10(8)14-15(12)13/h5-7H,2-4H2,1H3,(H-,11,12,13)/p+1. The lowest BCUT2D eigenvalue weighted by Crippen LogP contribution is -1.90. The number of aromatic hydroxyl groups is 1. The number of rotatable bonds is 5. The third-order valence-electron chi connectivity index (χ3n) is 2.03. The van der Waals surface area contributed by atoms with Crippen LogP contribution in [0.5, 0.6) is 11.5 Å². The van der Waals surface area contributed by atoms with Gasteiger partial charge in [0.15, 0.2) is 5.75 Å². The molecule has 15 heavy (non-hydrogen) atoms. The molecule has 1 aromatic rings. The molecular formula is C10H14O4P+. The van der Waals surface area contributed by atoms with Crippen molar-refractivity contribution in [2.75, 3.05) is 0 Å². The largest absolute Gasteiger partial charge is 0.747 e. The molecule has 0 saturated heterocycles. The van der Waals surface area contributed by atoms with E-state index in [1.54, 1.807) is 12.1 Å². The van der Waals surface area contributed by atoms with Gasteiger partial charge in [-0.1, -0.05) is 19.4 Å². The predicted molar refractivity (Wildman–Crippen MR) is 57.2 cm³/mol. The number of benzene rings is 1. The van der Waals surface area contributed by atoms with Crippen molar-refractivity contribution < 1.29 is 19.1 Å². The van der Waals surface area contributed by atoms with Crippen LogP contribution >= 0.6 is 8.25 Å². The van der Waals surface area contributed by atoms with Crippen LogP contribution in [0.3, 0.4) is 0 Å². The van der Waals surface area contributed by atoms with Gasteiger partial charge >= 0.3 is 8.25 Å². The lowest BCUT2D eigenvalue weighted by molar-refractivity contribution is 0.406. The molecule has 0 heterocycles. The van der Waals surface area contributed by atoms with Crippen molar-refractivity contribution in [2.45, 2.75) is 26.2 Å². The van der Waals surface area contributed by atoms with Crippen molar-refractivity contribution in [2.24, 2.45) is 0 Å². The maximum Gasteiger partial charge on any atom is 0.747 e. The van der Waals surface area contributed by atoms with E-state index in [2.05, 4.69) is 6.92 Å². The molecule has 0 amide bonds. The minimum atomic E-state index is -2.68. The van der Waals surface area contributed by atoms with Gasteiger partial charge in [-0.2, -0.15) is 0 Å². The second-order valence-electron chi connectivity index (χ2n) is 3.22. The molecule has 1 rings (SSSR count). The molecule has 0 radical (unpaired) electrons. The van der Waals surface area contributed by atoms with E-state index in [1.807, 2.05) is 0 Å². The van der Waals surface area contributed by atoms with Crippen molar-refractivity contribution in [3.63, 3.8) is 0 Å². The molecule has 2 N–H and O–H groups in total. The number of aryl methyl sites for hydroxylation is 1. The Balaban J connectivity index is 2.87. The van der Waals surface area contributed by atoms with Crippen LogP contribution in [0.1, 0.15) is 25.3 Å². The SMILES string of the molecule is CCCCc1ccc(O)cc1O[P+](=O)O. The lowest BCUT2D eigenvalue weighted by atomic mass is 10.1. The van der Waals surface area contributed by atoms with Gasteiger partial charge in [0.1, 0.15) is 5.75 Å². The van der Waals surface area contributed by atoms with Crippen molar-refractivity contribution in [1.29, 1.82) is 0 Å². The fourth-order valence-corrected chi connectivity index (χ4v) is 1.62. The number of phenolic OH excluding ortho intramolecular Hbond substituents is 1. The van der Waals surface area contributed by atoms with E-state index >= 15 is 0 Å². The summed E-state index contributed by atoms with van der Waals surface area (Å²) in [5.41, 5.74) is 0.840. The number of phenols is 1. The van der Waals surface area contributed by atoms with E-state index in [0.29, 0.717) is 0 Å². The second-order valence-corrected chi connectivity index (χ2v) is 3.88. The lowest BCUT2D eigenvalue weighted by Gasteiger charge is -2.03. The average molecular weight is 229 g/mol. The first-order valence-corrected chi connectivity index (χ1v) is 5.92. The predicted octanol–water partition coefficient (Wildman–Crippen LogP) is 2.76. The van der Waals surface area contributed by atoms with Gasteiger partial charge in [0, 0.05) is 16.2 Å². The van der Waals surface area contributed by atoms with Gasteiger partial charge in [-0.3, -0.25) is 0 Å². The Labute approximate surface area is 89.5 Å². The summed E-state index contributed by atoms with van der Waals surface area (Å²) in [4.78, 5) is 8.65. The molecule has 0 aromatic heterocycles. The minimum absolute atomic E-state index is 0.0297. The Morgan fingerprint density at radius 2 is 2.20 bits per heavy atom. The highest BCUT2D eigenvalue weighted by Crippen LogP contribution is 2.31. The molecular weight excluding hydrogens is 215 g/mol. The van der Waals surface area contributed by atoms with Gasteiger partial charge in [-0.25, -0.2) is 4.52 Å². The van der Waals surface area contributed by atoms with Gasteiger partial charge in [-0.15, -0.1) is 4.89 Å². The Morgan fingerprint density at radius 3 is 2.80 bits per heavy atom. The summed E-state index contributed by atoms with van der Waals surface area (Å²) in [6, 6.07) is 4.61. The first kappa shape index (κ1) is 12.0. The Bertz CT molecular complexity index is 351. The van der Waals surface area contributed by atoms with E-state index in [0.717, 1.165) is 24.8 Å². The van der Waals surface area contributed by atoms with Crippen LogP contribution in [-0.2, 0) is 11.0 Å². The summed E-state index contributed by atoms with van der Waals surface area (Å²) in [6.45, 7) is 2.06. The number of unbranched alkanes of at least 4 members (excludes halogenated alkanes) is 1. The smallest absolute Gasteiger partial charge is 0.508 e. The first-order chi connectivity index (χ1) is 7.13. The van der Waals surface area contributed by atoms with E-state index in [-0.39, 0.29) is 11.5 Å². The quantitative estimate of drug-likeness (QED) is 0.762. The highest BCUT2D eigenvalue weighted by Gasteiger charge is 2.18. The average Bonchev–Trinajstić information content (AvgIpc) is 2.16. The van der Waals surface area contributed by atoms with Gasteiger partial charge in [0.25, 0.3) is 0 Å². The molecule has 0 fully saturated rings. The third kappa shape index (κ3) is 3.86. The molecule has 1 unspecified atom stereocenters. The molecule has 1 atom stereocenters. The van der Waals surface area contributed by atoms with Gasteiger partial charge in [0.2, 0.25) is 0 Å². The fourth-order valence-electron chi connectivity index (χ4n) is 1.29. The van der Waals surface area contributed by atoms with Crippen molar-refractivity contribution >= 4 is 8.25 Å². The first-order valence-electron chi connectivity index (χ1n) is 4.79. The molecule has 82 valence electrons. The van der Waals surface area contributed by atoms with Crippen LogP contribution in [0.25, 0.3) is 0 Å². The third-order valence-corrected chi connectivity index (χ3v) is 2.38. The molecule has 0 spiro atoms. The monoisotopic (exact) mass is 229 g/mol. The van der Waals surface area contributed by atoms with E-state index in [9.17, 15) is 9.67 Å². The molecule has 1 aromatic carbocycles. The molecule has 4 nitrogen and oxygen atoms in total. The molecule has 0 aliphatic heterocycles.